The number of rotatable bonds is 4. The van der Waals surface area contributed by atoms with Gasteiger partial charge in [-0.25, -0.2) is 0 Å². The summed E-state index contributed by atoms with van der Waals surface area (Å²) in [5.74, 6) is 0.773. The van der Waals surface area contributed by atoms with Gasteiger partial charge in [-0.15, -0.1) is 0 Å². The predicted octanol–water partition coefficient (Wildman–Crippen LogP) is 0.869. The lowest BCUT2D eigenvalue weighted by molar-refractivity contribution is -0.135. The lowest BCUT2D eigenvalue weighted by Gasteiger charge is -2.25. The quantitative estimate of drug-likeness (QED) is 0.776. The van der Waals surface area contributed by atoms with Crippen LogP contribution in [0.3, 0.4) is 0 Å². The number of amides is 1. The van der Waals surface area contributed by atoms with Gasteiger partial charge in [0.25, 0.3) is 0 Å². The lowest BCUT2D eigenvalue weighted by Crippen LogP contribution is -2.42. The molecule has 1 amide bonds. The van der Waals surface area contributed by atoms with Gasteiger partial charge < -0.3 is 15.0 Å². The molecule has 1 atom stereocenters. The fraction of sp³-hybridized carbons (Fsp3) is 0.917. The molecule has 0 radical (unpaired) electrons. The molecule has 1 N–H and O–H groups in total. The molecule has 0 aromatic rings. The topological polar surface area (TPSA) is 41.6 Å². The van der Waals surface area contributed by atoms with Gasteiger partial charge >= 0.3 is 0 Å². The van der Waals surface area contributed by atoms with Crippen molar-refractivity contribution in [3.8, 4) is 0 Å². The highest BCUT2D eigenvalue weighted by atomic mass is 16.5. The molecular weight excluding hydrogens is 204 g/mol. The Morgan fingerprint density at radius 2 is 2.31 bits per heavy atom. The molecule has 0 aromatic carbocycles. The van der Waals surface area contributed by atoms with Crippen molar-refractivity contribution in [3.63, 3.8) is 0 Å². The number of carbonyl (C=O) groups excluding carboxylic acids is 1. The van der Waals surface area contributed by atoms with Crippen LogP contribution in [0.1, 0.15) is 26.7 Å². The van der Waals surface area contributed by atoms with Crippen LogP contribution < -0.4 is 5.32 Å². The molecule has 1 unspecified atom stereocenters. The van der Waals surface area contributed by atoms with Crippen LogP contribution in [0.4, 0.5) is 0 Å². The highest BCUT2D eigenvalue weighted by molar-refractivity contribution is 5.77. The van der Waals surface area contributed by atoms with Gasteiger partial charge in [0, 0.05) is 26.2 Å². The van der Waals surface area contributed by atoms with Crippen molar-refractivity contribution in [3.05, 3.63) is 0 Å². The van der Waals surface area contributed by atoms with Crippen molar-refractivity contribution in [1.82, 2.24) is 10.2 Å². The molecule has 16 heavy (non-hydrogen) atoms. The number of nitrogens with zero attached hydrogens (tertiary/aromatic N) is 1. The van der Waals surface area contributed by atoms with Gasteiger partial charge in [-0.2, -0.15) is 0 Å². The molecule has 0 saturated carbocycles. The van der Waals surface area contributed by atoms with Crippen molar-refractivity contribution >= 4 is 5.91 Å². The van der Waals surface area contributed by atoms with Crippen molar-refractivity contribution in [2.24, 2.45) is 5.92 Å². The van der Waals surface area contributed by atoms with E-state index >= 15 is 0 Å². The number of ether oxygens (including phenoxy) is 1. The van der Waals surface area contributed by atoms with E-state index in [0.29, 0.717) is 12.0 Å². The van der Waals surface area contributed by atoms with Gasteiger partial charge in [-0.3, -0.25) is 4.79 Å². The summed E-state index contributed by atoms with van der Waals surface area (Å²) in [4.78, 5) is 13.7. The number of methoxy groups -OCH3 is 1. The van der Waals surface area contributed by atoms with Gasteiger partial charge in [0.1, 0.15) is 6.61 Å². The molecule has 0 bridgehead atoms. The highest BCUT2D eigenvalue weighted by Crippen LogP contribution is 2.09. The standard InChI is InChI=1S/C12H24N2O2/c1-10(2)7-11-8-14(6-4-5-13-11)12(15)9-16-3/h10-11,13H,4-9H2,1-3H3. The minimum atomic E-state index is 0.111. The molecule has 1 aliphatic heterocycles. The summed E-state index contributed by atoms with van der Waals surface area (Å²) in [6, 6.07) is 0.434. The molecule has 1 fully saturated rings. The van der Waals surface area contributed by atoms with Crippen molar-refractivity contribution < 1.29 is 9.53 Å². The molecule has 1 aliphatic rings. The van der Waals surface area contributed by atoms with E-state index in [1.807, 2.05) is 4.90 Å². The molecule has 1 heterocycles. The van der Waals surface area contributed by atoms with E-state index in [1.54, 1.807) is 7.11 Å². The third-order valence-electron chi connectivity index (χ3n) is 2.86. The number of hydrogen-bond donors (Lipinski definition) is 1. The molecule has 1 rings (SSSR count). The monoisotopic (exact) mass is 228 g/mol. The summed E-state index contributed by atoms with van der Waals surface area (Å²) in [6.07, 6.45) is 2.15. The first-order valence-corrected chi connectivity index (χ1v) is 6.13. The third-order valence-corrected chi connectivity index (χ3v) is 2.86. The van der Waals surface area contributed by atoms with Crippen LogP contribution >= 0.6 is 0 Å². The largest absolute Gasteiger partial charge is 0.375 e. The van der Waals surface area contributed by atoms with Gasteiger partial charge in [0.15, 0.2) is 0 Å². The molecule has 4 heteroatoms. The molecule has 0 aromatic heterocycles. The fourth-order valence-corrected chi connectivity index (χ4v) is 2.17. The Morgan fingerprint density at radius 1 is 1.56 bits per heavy atom. The van der Waals surface area contributed by atoms with E-state index in [9.17, 15) is 4.79 Å². The fourth-order valence-electron chi connectivity index (χ4n) is 2.17. The number of hydrogen-bond acceptors (Lipinski definition) is 3. The average Bonchev–Trinajstić information content (AvgIpc) is 2.43. The van der Waals surface area contributed by atoms with E-state index in [1.165, 1.54) is 0 Å². The van der Waals surface area contributed by atoms with Crippen molar-refractivity contribution in [2.45, 2.75) is 32.7 Å². The molecule has 0 spiro atoms. The van der Waals surface area contributed by atoms with Gasteiger partial charge in [-0.1, -0.05) is 13.8 Å². The Bertz CT molecular complexity index is 219. The first-order valence-electron chi connectivity index (χ1n) is 6.13. The average molecular weight is 228 g/mol. The zero-order valence-electron chi connectivity index (χ0n) is 10.7. The van der Waals surface area contributed by atoms with E-state index in [2.05, 4.69) is 19.2 Å². The smallest absolute Gasteiger partial charge is 0.248 e. The van der Waals surface area contributed by atoms with Crippen LogP contribution in [0.2, 0.25) is 0 Å². The Balaban J connectivity index is 2.48. The summed E-state index contributed by atoms with van der Waals surface area (Å²) < 4.78 is 4.90. The highest BCUT2D eigenvalue weighted by Gasteiger charge is 2.21. The zero-order valence-corrected chi connectivity index (χ0v) is 10.7. The van der Waals surface area contributed by atoms with Crippen LogP contribution in [0.5, 0.6) is 0 Å². The van der Waals surface area contributed by atoms with E-state index in [-0.39, 0.29) is 12.5 Å². The van der Waals surface area contributed by atoms with E-state index in [4.69, 9.17) is 4.74 Å². The van der Waals surface area contributed by atoms with Crippen LogP contribution in [0.15, 0.2) is 0 Å². The van der Waals surface area contributed by atoms with Gasteiger partial charge in [0.05, 0.1) is 0 Å². The second-order valence-electron chi connectivity index (χ2n) is 4.91. The van der Waals surface area contributed by atoms with Gasteiger partial charge in [0.2, 0.25) is 5.91 Å². The summed E-state index contributed by atoms with van der Waals surface area (Å²) in [6.45, 7) is 7.31. The second kappa shape index (κ2) is 6.86. The van der Waals surface area contributed by atoms with Crippen LogP contribution in [0.25, 0.3) is 0 Å². The number of carbonyl (C=O) groups is 1. The minimum absolute atomic E-state index is 0.111. The summed E-state index contributed by atoms with van der Waals surface area (Å²) in [5, 5.41) is 3.51. The minimum Gasteiger partial charge on any atom is -0.375 e. The summed E-state index contributed by atoms with van der Waals surface area (Å²) in [7, 11) is 1.57. The zero-order chi connectivity index (χ0) is 12.0. The van der Waals surface area contributed by atoms with Crippen LogP contribution in [-0.2, 0) is 9.53 Å². The third kappa shape index (κ3) is 4.49. The first-order chi connectivity index (χ1) is 7.63. The Hall–Kier alpha value is -0.610. The maximum Gasteiger partial charge on any atom is 0.248 e. The normalized spacial score (nSPS) is 22.2. The van der Waals surface area contributed by atoms with Crippen molar-refractivity contribution in [1.29, 1.82) is 0 Å². The Kier molecular flexibility index (Phi) is 5.77. The molecule has 1 saturated heterocycles. The van der Waals surface area contributed by atoms with E-state index < -0.39 is 0 Å². The van der Waals surface area contributed by atoms with Crippen molar-refractivity contribution in [2.75, 3.05) is 33.4 Å². The summed E-state index contributed by atoms with van der Waals surface area (Å²) in [5.41, 5.74) is 0. The first kappa shape index (κ1) is 13.5. The van der Waals surface area contributed by atoms with Crippen LogP contribution in [-0.4, -0.2) is 50.2 Å². The Labute approximate surface area is 98.3 Å². The number of nitrogens with one attached hydrogen (secondary N) is 1. The van der Waals surface area contributed by atoms with E-state index in [0.717, 1.165) is 32.5 Å². The molecule has 4 nitrogen and oxygen atoms in total. The molecule has 0 aliphatic carbocycles. The predicted molar refractivity (Wildman–Crippen MR) is 64.3 cm³/mol. The maximum atomic E-state index is 11.8. The second-order valence-corrected chi connectivity index (χ2v) is 4.91. The lowest BCUT2D eigenvalue weighted by atomic mass is 10.0. The Morgan fingerprint density at radius 3 is 2.94 bits per heavy atom. The maximum absolute atomic E-state index is 11.8. The van der Waals surface area contributed by atoms with Gasteiger partial charge in [-0.05, 0) is 25.3 Å². The molecular formula is C12H24N2O2. The van der Waals surface area contributed by atoms with Crippen LogP contribution in [0, 0.1) is 5.92 Å². The SMILES string of the molecule is COCC(=O)N1CCCNC(CC(C)C)C1. The molecule has 94 valence electrons. The summed E-state index contributed by atoms with van der Waals surface area (Å²) >= 11 is 0.